The second-order valence-electron chi connectivity index (χ2n) is 5.83. The molecule has 4 rings (SSSR count). The molecule has 1 saturated heterocycles. The topological polar surface area (TPSA) is 60.2 Å². The van der Waals surface area contributed by atoms with Crippen molar-refractivity contribution in [2.45, 2.75) is 37.6 Å². The lowest BCUT2D eigenvalue weighted by atomic mass is 9.94. The smallest absolute Gasteiger partial charge is 0.246 e. The standard InChI is InChI=1S/C16H19N3O2/c1-2-16(8-5-9-17-16)15-18-14(19-21-15)12-10-20-13-7-4-3-6-11(12)13/h3-4,6-7,12,17H,2,5,8-10H2,1H3. The highest BCUT2D eigenvalue weighted by atomic mass is 16.5. The number of rotatable bonds is 3. The van der Waals surface area contributed by atoms with E-state index in [1.54, 1.807) is 0 Å². The molecule has 2 aliphatic rings. The molecular formula is C16H19N3O2. The summed E-state index contributed by atoms with van der Waals surface area (Å²) in [4.78, 5) is 4.70. The maximum Gasteiger partial charge on any atom is 0.246 e. The number of ether oxygens (including phenoxy) is 1. The van der Waals surface area contributed by atoms with Crippen molar-refractivity contribution >= 4 is 0 Å². The molecule has 2 unspecified atom stereocenters. The first-order valence-corrected chi connectivity index (χ1v) is 7.63. The van der Waals surface area contributed by atoms with Gasteiger partial charge >= 0.3 is 0 Å². The van der Waals surface area contributed by atoms with E-state index in [0.717, 1.165) is 48.8 Å². The van der Waals surface area contributed by atoms with E-state index < -0.39 is 0 Å². The molecule has 2 aromatic rings. The van der Waals surface area contributed by atoms with E-state index in [9.17, 15) is 0 Å². The summed E-state index contributed by atoms with van der Waals surface area (Å²) < 4.78 is 11.3. The number of hydrogen-bond acceptors (Lipinski definition) is 5. The predicted molar refractivity (Wildman–Crippen MR) is 77.3 cm³/mol. The van der Waals surface area contributed by atoms with Gasteiger partial charge in [-0.25, -0.2) is 0 Å². The molecule has 0 bridgehead atoms. The predicted octanol–water partition coefficient (Wildman–Crippen LogP) is 2.58. The molecule has 0 radical (unpaired) electrons. The normalized spacial score (nSPS) is 27.6. The van der Waals surface area contributed by atoms with E-state index in [1.165, 1.54) is 0 Å². The van der Waals surface area contributed by atoms with Crippen molar-refractivity contribution in [2.75, 3.05) is 13.2 Å². The number of nitrogens with zero attached hydrogens (tertiary/aromatic N) is 2. The zero-order valence-electron chi connectivity index (χ0n) is 12.1. The van der Waals surface area contributed by atoms with Crippen LogP contribution >= 0.6 is 0 Å². The Morgan fingerprint density at radius 3 is 3.10 bits per heavy atom. The molecule has 0 spiro atoms. The summed E-state index contributed by atoms with van der Waals surface area (Å²) >= 11 is 0. The molecule has 1 aromatic heterocycles. The first kappa shape index (κ1) is 12.8. The van der Waals surface area contributed by atoms with Gasteiger partial charge in [0.2, 0.25) is 5.89 Å². The van der Waals surface area contributed by atoms with Crippen LogP contribution in [0.4, 0.5) is 0 Å². The molecule has 1 fully saturated rings. The van der Waals surface area contributed by atoms with Gasteiger partial charge in [-0.3, -0.25) is 0 Å². The van der Waals surface area contributed by atoms with E-state index in [-0.39, 0.29) is 11.5 Å². The number of fused-ring (bicyclic) bond motifs is 1. The van der Waals surface area contributed by atoms with Crippen molar-refractivity contribution in [2.24, 2.45) is 0 Å². The number of hydrogen-bond donors (Lipinski definition) is 1. The highest BCUT2D eigenvalue weighted by molar-refractivity contribution is 5.42. The van der Waals surface area contributed by atoms with Gasteiger partial charge in [-0.05, 0) is 31.9 Å². The Morgan fingerprint density at radius 1 is 1.38 bits per heavy atom. The Labute approximate surface area is 123 Å². The maximum absolute atomic E-state index is 5.71. The van der Waals surface area contributed by atoms with E-state index in [2.05, 4.69) is 23.5 Å². The fourth-order valence-electron chi connectivity index (χ4n) is 3.39. The molecule has 21 heavy (non-hydrogen) atoms. The average Bonchev–Trinajstić information content (AvgIpc) is 3.25. The van der Waals surface area contributed by atoms with Crippen molar-refractivity contribution in [1.29, 1.82) is 0 Å². The summed E-state index contributed by atoms with van der Waals surface area (Å²) in [5, 5.41) is 7.76. The lowest BCUT2D eigenvalue weighted by Gasteiger charge is -2.22. The molecule has 0 amide bonds. The van der Waals surface area contributed by atoms with Gasteiger partial charge in [-0.15, -0.1) is 0 Å². The molecule has 2 aliphatic heterocycles. The van der Waals surface area contributed by atoms with Crippen molar-refractivity contribution in [1.82, 2.24) is 15.5 Å². The third-order valence-electron chi connectivity index (χ3n) is 4.71. The molecule has 1 N–H and O–H groups in total. The molecule has 1 aromatic carbocycles. The molecule has 0 saturated carbocycles. The molecule has 110 valence electrons. The number of aromatic nitrogens is 2. The second-order valence-corrected chi connectivity index (χ2v) is 5.83. The van der Waals surface area contributed by atoms with Crippen LogP contribution < -0.4 is 10.1 Å². The van der Waals surface area contributed by atoms with Crippen molar-refractivity contribution in [3.05, 3.63) is 41.5 Å². The fourth-order valence-corrected chi connectivity index (χ4v) is 3.39. The van der Waals surface area contributed by atoms with Gasteiger partial charge in [0.25, 0.3) is 0 Å². The zero-order valence-corrected chi connectivity index (χ0v) is 12.1. The summed E-state index contributed by atoms with van der Waals surface area (Å²) in [6.07, 6.45) is 3.18. The van der Waals surface area contributed by atoms with Crippen LogP contribution in [0.1, 0.15) is 49.4 Å². The summed E-state index contributed by atoms with van der Waals surface area (Å²) in [6, 6.07) is 8.07. The molecule has 5 nitrogen and oxygen atoms in total. The Hall–Kier alpha value is -1.88. The van der Waals surface area contributed by atoms with Gasteiger partial charge in [0.1, 0.15) is 12.4 Å². The molecule has 2 atom stereocenters. The van der Waals surface area contributed by atoms with E-state index in [0.29, 0.717) is 6.61 Å². The lowest BCUT2D eigenvalue weighted by Crippen LogP contribution is -2.36. The van der Waals surface area contributed by atoms with Crippen molar-refractivity contribution in [3.63, 3.8) is 0 Å². The molecular weight excluding hydrogens is 266 g/mol. The zero-order chi connectivity index (χ0) is 14.3. The Morgan fingerprint density at radius 2 is 2.29 bits per heavy atom. The van der Waals surface area contributed by atoms with Gasteiger partial charge in [-0.1, -0.05) is 30.3 Å². The number of para-hydroxylation sites is 1. The quantitative estimate of drug-likeness (QED) is 0.939. The minimum absolute atomic E-state index is 0.0778. The van der Waals surface area contributed by atoms with Gasteiger partial charge in [-0.2, -0.15) is 4.98 Å². The van der Waals surface area contributed by atoms with Crippen LogP contribution in [-0.2, 0) is 5.54 Å². The number of nitrogens with one attached hydrogen (secondary N) is 1. The summed E-state index contributed by atoms with van der Waals surface area (Å²) in [5.74, 6) is 2.46. The van der Waals surface area contributed by atoms with Crippen LogP contribution in [-0.4, -0.2) is 23.3 Å². The van der Waals surface area contributed by atoms with Crippen LogP contribution in [0.3, 0.4) is 0 Å². The first-order chi connectivity index (χ1) is 10.3. The molecule has 3 heterocycles. The maximum atomic E-state index is 5.71. The minimum atomic E-state index is -0.135. The van der Waals surface area contributed by atoms with E-state index >= 15 is 0 Å². The monoisotopic (exact) mass is 285 g/mol. The summed E-state index contributed by atoms with van der Waals surface area (Å²) in [5.41, 5.74) is 1.01. The van der Waals surface area contributed by atoms with Crippen LogP contribution in [0, 0.1) is 0 Å². The minimum Gasteiger partial charge on any atom is -0.492 e. The summed E-state index contributed by atoms with van der Waals surface area (Å²) in [7, 11) is 0. The van der Waals surface area contributed by atoms with Crippen LogP contribution in [0.2, 0.25) is 0 Å². The lowest BCUT2D eigenvalue weighted by molar-refractivity contribution is 0.248. The van der Waals surface area contributed by atoms with Crippen LogP contribution in [0.15, 0.2) is 28.8 Å². The molecule has 0 aliphatic carbocycles. The second kappa shape index (κ2) is 4.84. The Bertz CT molecular complexity index is 646. The van der Waals surface area contributed by atoms with Crippen molar-refractivity contribution in [3.8, 4) is 5.75 Å². The third-order valence-corrected chi connectivity index (χ3v) is 4.71. The van der Waals surface area contributed by atoms with Gasteiger partial charge in [0.15, 0.2) is 5.82 Å². The average molecular weight is 285 g/mol. The number of benzene rings is 1. The van der Waals surface area contributed by atoms with Crippen LogP contribution in [0.5, 0.6) is 5.75 Å². The highest BCUT2D eigenvalue weighted by Gasteiger charge is 2.40. The largest absolute Gasteiger partial charge is 0.492 e. The van der Waals surface area contributed by atoms with E-state index in [1.807, 2.05) is 18.2 Å². The highest BCUT2D eigenvalue weighted by Crippen LogP contribution is 2.38. The van der Waals surface area contributed by atoms with Gasteiger partial charge in [0, 0.05) is 5.56 Å². The molecule has 5 heteroatoms. The third kappa shape index (κ3) is 1.95. The van der Waals surface area contributed by atoms with E-state index in [4.69, 9.17) is 14.2 Å². The Kier molecular flexibility index (Phi) is 2.96. The first-order valence-electron chi connectivity index (χ1n) is 7.63. The fraction of sp³-hybridized carbons (Fsp3) is 0.500. The van der Waals surface area contributed by atoms with Crippen molar-refractivity contribution < 1.29 is 9.26 Å². The van der Waals surface area contributed by atoms with Gasteiger partial charge in [0.05, 0.1) is 11.5 Å². The Balaban J connectivity index is 1.67. The summed E-state index contributed by atoms with van der Waals surface area (Å²) in [6.45, 7) is 3.77. The van der Waals surface area contributed by atoms with Crippen LogP contribution in [0.25, 0.3) is 0 Å². The van der Waals surface area contributed by atoms with Gasteiger partial charge < -0.3 is 14.6 Å². The SMILES string of the molecule is CCC1(c2nc(C3COc4ccccc43)no2)CCCN1.